The third-order valence-corrected chi connectivity index (χ3v) is 5.03. The Hall–Kier alpha value is -2.33. The van der Waals surface area contributed by atoms with Gasteiger partial charge in [0.25, 0.3) is 0 Å². The largest absolute Gasteiger partial charge is 0.367 e. The fraction of sp³-hybridized carbons (Fsp3) is 0.611. The molecule has 3 rings (SSSR count). The number of carbonyl (C=O) groups is 1. The van der Waals surface area contributed by atoms with Crippen molar-refractivity contribution in [3.05, 3.63) is 23.9 Å². The van der Waals surface area contributed by atoms with Gasteiger partial charge in [-0.1, -0.05) is 12.8 Å². The average Bonchev–Trinajstić information content (AvgIpc) is 3.30. The summed E-state index contributed by atoms with van der Waals surface area (Å²) in [5.74, 6) is 0.551. The Morgan fingerprint density at radius 2 is 2.16 bits per heavy atom. The van der Waals surface area contributed by atoms with Gasteiger partial charge >= 0.3 is 6.03 Å². The van der Waals surface area contributed by atoms with Crippen molar-refractivity contribution in [2.24, 2.45) is 0 Å². The number of nitrogens with one attached hydrogen (secondary N) is 3. The van der Waals surface area contributed by atoms with E-state index in [0.717, 1.165) is 25.6 Å². The molecule has 1 unspecified atom stereocenters. The van der Waals surface area contributed by atoms with Crippen LogP contribution < -0.4 is 16.0 Å². The molecule has 7 nitrogen and oxygen atoms in total. The second kappa shape index (κ2) is 8.67. The molecule has 1 saturated heterocycles. The minimum Gasteiger partial charge on any atom is -0.367 e. The molecule has 1 aromatic rings. The maximum Gasteiger partial charge on any atom is 0.315 e. The highest BCUT2D eigenvalue weighted by Gasteiger charge is 2.30. The van der Waals surface area contributed by atoms with Crippen molar-refractivity contribution in [1.82, 2.24) is 20.5 Å². The van der Waals surface area contributed by atoms with E-state index in [1.165, 1.54) is 25.7 Å². The van der Waals surface area contributed by atoms with Gasteiger partial charge in [0.05, 0.1) is 5.56 Å². The SMILES string of the molecule is N#Cc1cccnc1NCCNC(=O)NC1CCN(C2CCCC2)C1. The van der Waals surface area contributed by atoms with Gasteiger partial charge in [0, 0.05) is 44.5 Å². The summed E-state index contributed by atoms with van der Waals surface area (Å²) in [6.07, 6.45) is 7.97. The molecule has 1 aromatic heterocycles. The van der Waals surface area contributed by atoms with Crippen LogP contribution in [0.5, 0.6) is 0 Å². The number of nitrogens with zero attached hydrogens (tertiary/aromatic N) is 3. The first-order chi connectivity index (χ1) is 12.3. The summed E-state index contributed by atoms with van der Waals surface area (Å²) in [5.41, 5.74) is 0.505. The first-order valence-electron chi connectivity index (χ1n) is 9.13. The minimum atomic E-state index is -0.124. The van der Waals surface area contributed by atoms with Crippen molar-refractivity contribution >= 4 is 11.8 Å². The molecule has 7 heteroatoms. The summed E-state index contributed by atoms with van der Waals surface area (Å²) in [6.45, 7) is 3.06. The van der Waals surface area contributed by atoms with Crippen molar-refractivity contribution < 1.29 is 4.79 Å². The van der Waals surface area contributed by atoms with Crippen molar-refractivity contribution in [3.8, 4) is 6.07 Å². The van der Waals surface area contributed by atoms with Crippen LogP contribution in [0.3, 0.4) is 0 Å². The summed E-state index contributed by atoms with van der Waals surface area (Å²) >= 11 is 0. The summed E-state index contributed by atoms with van der Waals surface area (Å²) in [5, 5.41) is 18.0. The van der Waals surface area contributed by atoms with E-state index in [1.54, 1.807) is 18.3 Å². The van der Waals surface area contributed by atoms with E-state index >= 15 is 0 Å². The van der Waals surface area contributed by atoms with Crippen LogP contribution in [0.4, 0.5) is 10.6 Å². The van der Waals surface area contributed by atoms with Crippen LogP contribution in [-0.2, 0) is 0 Å². The molecule has 1 atom stereocenters. The Kier molecular flexibility index (Phi) is 6.07. The first kappa shape index (κ1) is 17.5. The molecule has 1 aliphatic heterocycles. The standard InChI is InChI=1S/C18H26N6O/c19-12-14-4-3-8-20-17(14)21-9-10-22-18(25)23-15-7-11-24(13-15)16-5-1-2-6-16/h3-4,8,15-16H,1-2,5-7,9-11,13H2,(H,20,21)(H2,22,23,25). The molecule has 2 amide bonds. The molecule has 0 spiro atoms. The van der Waals surface area contributed by atoms with Gasteiger partial charge in [-0.05, 0) is 31.4 Å². The number of pyridine rings is 1. The number of likely N-dealkylation sites (tertiary alicyclic amines) is 1. The Bertz CT molecular complexity index is 622. The van der Waals surface area contributed by atoms with Crippen molar-refractivity contribution in [1.29, 1.82) is 5.26 Å². The van der Waals surface area contributed by atoms with E-state index < -0.39 is 0 Å². The third kappa shape index (κ3) is 4.83. The summed E-state index contributed by atoms with van der Waals surface area (Å²) in [7, 11) is 0. The fourth-order valence-electron chi connectivity index (χ4n) is 3.74. The molecule has 0 bridgehead atoms. The number of urea groups is 1. The van der Waals surface area contributed by atoms with Crippen LogP contribution in [0.15, 0.2) is 18.3 Å². The highest BCUT2D eigenvalue weighted by Crippen LogP contribution is 2.26. The van der Waals surface area contributed by atoms with Gasteiger partial charge < -0.3 is 16.0 Å². The van der Waals surface area contributed by atoms with E-state index in [2.05, 4.69) is 31.9 Å². The number of nitriles is 1. The monoisotopic (exact) mass is 342 g/mol. The second-order valence-electron chi connectivity index (χ2n) is 6.76. The van der Waals surface area contributed by atoms with E-state index in [1.807, 2.05) is 0 Å². The van der Waals surface area contributed by atoms with Gasteiger partial charge in [0.15, 0.2) is 0 Å². The number of carbonyl (C=O) groups excluding carboxylic acids is 1. The lowest BCUT2D eigenvalue weighted by Gasteiger charge is -2.23. The molecule has 0 aromatic carbocycles. The molecular weight excluding hydrogens is 316 g/mol. The number of hydrogen-bond donors (Lipinski definition) is 3. The molecule has 25 heavy (non-hydrogen) atoms. The van der Waals surface area contributed by atoms with Gasteiger partial charge in [-0.2, -0.15) is 5.26 Å². The molecular formula is C18H26N6O. The summed E-state index contributed by atoms with van der Waals surface area (Å²) in [4.78, 5) is 18.7. The zero-order chi connectivity index (χ0) is 17.5. The summed E-state index contributed by atoms with van der Waals surface area (Å²) < 4.78 is 0. The van der Waals surface area contributed by atoms with Gasteiger partial charge in [0.2, 0.25) is 0 Å². The maximum absolute atomic E-state index is 12.0. The lowest BCUT2D eigenvalue weighted by molar-refractivity contribution is 0.228. The van der Waals surface area contributed by atoms with Crippen molar-refractivity contribution in [3.63, 3.8) is 0 Å². The molecule has 2 aliphatic rings. The van der Waals surface area contributed by atoms with Crippen LogP contribution >= 0.6 is 0 Å². The van der Waals surface area contributed by atoms with E-state index in [4.69, 9.17) is 5.26 Å². The van der Waals surface area contributed by atoms with Crippen LogP contribution in [0, 0.1) is 11.3 Å². The predicted octanol–water partition coefficient (Wildman–Crippen LogP) is 1.68. The molecule has 1 aliphatic carbocycles. The van der Waals surface area contributed by atoms with Crippen LogP contribution in [0.1, 0.15) is 37.7 Å². The van der Waals surface area contributed by atoms with E-state index in [9.17, 15) is 4.79 Å². The highest BCUT2D eigenvalue weighted by molar-refractivity contribution is 5.74. The van der Waals surface area contributed by atoms with Gasteiger partial charge in [-0.3, -0.25) is 4.90 Å². The lowest BCUT2D eigenvalue weighted by Crippen LogP contribution is -2.45. The molecule has 1 saturated carbocycles. The third-order valence-electron chi connectivity index (χ3n) is 5.03. The number of rotatable bonds is 6. The number of hydrogen-bond acceptors (Lipinski definition) is 5. The number of amides is 2. The van der Waals surface area contributed by atoms with Crippen molar-refractivity contribution in [2.75, 3.05) is 31.5 Å². The van der Waals surface area contributed by atoms with Crippen LogP contribution in [0.25, 0.3) is 0 Å². The Balaban J connectivity index is 1.33. The van der Waals surface area contributed by atoms with Crippen molar-refractivity contribution in [2.45, 2.75) is 44.2 Å². The molecule has 3 N–H and O–H groups in total. The Morgan fingerprint density at radius 1 is 1.32 bits per heavy atom. The van der Waals surface area contributed by atoms with Crippen LogP contribution in [0.2, 0.25) is 0 Å². The molecule has 2 fully saturated rings. The fourth-order valence-corrected chi connectivity index (χ4v) is 3.74. The average molecular weight is 342 g/mol. The Morgan fingerprint density at radius 3 is 2.96 bits per heavy atom. The van der Waals surface area contributed by atoms with Gasteiger partial charge in [-0.15, -0.1) is 0 Å². The van der Waals surface area contributed by atoms with E-state index in [0.29, 0.717) is 24.5 Å². The quantitative estimate of drug-likeness (QED) is 0.684. The lowest BCUT2D eigenvalue weighted by atomic mass is 10.2. The highest BCUT2D eigenvalue weighted by atomic mass is 16.2. The summed E-state index contributed by atoms with van der Waals surface area (Å²) in [6, 6.07) is 6.38. The topological polar surface area (TPSA) is 93.1 Å². The molecule has 0 radical (unpaired) electrons. The van der Waals surface area contributed by atoms with Gasteiger partial charge in [-0.25, -0.2) is 9.78 Å². The molecule has 2 heterocycles. The van der Waals surface area contributed by atoms with Crippen LogP contribution in [-0.4, -0.2) is 54.2 Å². The number of aromatic nitrogens is 1. The zero-order valence-electron chi connectivity index (χ0n) is 14.5. The predicted molar refractivity (Wildman–Crippen MR) is 96.2 cm³/mol. The normalized spacial score (nSPS) is 21.0. The molecule has 134 valence electrons. The minimum absolute atomic E-state index is 0.124. The maximum atomic E-state index is 12.0. The second-order valence-corrected chi connectivity index (χ2v) is 6.76. The Labute approximate surface area is 148 Å². The number of anilines is 1. The zero-order valence-corrected chi connectivity index (χ0v) is 14.5. The smallest absolute Gasteiger partial charge is 0.315 e. The van der Waals surface area contributed by atoms with E-state index in [-0.39, 0.29) is 12.1 Å². The van der Waals surface area contributed by atoms with Gasteiger partial charge in [0.1, 0.15) is 11.9 Å². The first-order valence-corrected chi connectivity index (χ1v) is 9.13.